The van der Waals surface area contributed by atoms with Crippen LogP contribution in [0.1, 0.15) is 12.6 Å². The van der Waals surface area contributed by atoms with Gasteiger partial charge >= 0.3 is 0 Å². The molecule has 0 fully saturated rings. The number of aromatic nitrogens is 4. The molecule has 2 N–H and O–H groups in total. The third kappa shape index (κ3) is 3.97. The number of hydrogen-bond acceptors (Lipinski definition) is 8. The molecule has 2 aromatic heterocycles. The molecule has 0 radical (unpaired) electrons. The molecule has 0 saturated heterocycles. The van der Waals surface area contributed by atoms with Crippen LogP contribution in [0.4, 0.5) is 17.5 Å². The lowest BCUT2D eigenvalue weighted by Gasteiger charge is -2.24. The van der Waals surface area contributed by atoms with Crippen molar-refractivity contribution < 1.29 is 13.2 Å². The van der Waals surface area contributed by atoms with Gasteiger partial charge in [-0.2, -0.15) is 10.1 Å². The Balaban J connectivity index is 1.89. The summed E-state index contributed by atoms with van der Waals surface area (Å²) in [6.07, 6.45) is 1.66. The fourth-order valence-corrected chi connectivity index (χ4v) is 4.65. The number of fused-ring (bicyclic) bond motifs is 1. The molecular formula is C23H26N6O3S. The van der Waals surface area contributed by atoms with Gasteiger partial charge in [-0.25, -0.2) is 13.4 Å². The average Bonchev–Trinajstić information content (AvgIpc) is 3.10. The van der Waals surface area contributed by atoms with Gasteiger partial charge < -0.3 is 15.4 Å². The van der Waals surface area contributed by atoms with Crippen molar-refractivity contribution in [3.63, 3.8) is 0 Å². The number of sulfone groups is 1. The van der Waals surface area contributed by atoms with Crippen molar-refractivity contribution in [3.05, 3.63) is 48.3 Å². The average molecular weight is 467 g/mol. The van der Waals surface area contributed by atoms with E-state index in [1.165, 1.54) is 7.11 Å². The zero-order chi connectivity index (χ0) is 23.9. The molecule has 0 amide bonds. The Morgan fingerprint density at radius 2 is 1.94 bits per heavy atom. The SMILES string of the molecule is CCS(=O)(=O)c1ccc(OC)c(N(C)c2nc(N)ncc2-c2ccc3c(C)n(C)nc3c2)c1. The van der Waals surface area contributed by atoms with Crippen LogP contribution in [-0.4, -0.2) is 48.1 Å². The van der Waals surface area contributed by atoms with Crippen LogP contribution in [0.25, 0.3) is 22.0 Å². The molecule has 10 heteroatoms. The predicted molar refractivity (Wildman–Crippen MR) is 130 cm³/mol. The van der Waals surface area contributed by atoms with Crippen LogP contribution >= 0.6 is 0 Å². The second-order valence-electron chi connectivity index (χ2n) is 7.70. The van der Waals surface area contributed by atoms with E-state index in [4.69, 9.17) is 10.5 Å². The fourth-order valence-electron chi connectivity index (χ4n) is 3.75. The molecule has 2 aromatic carbocycles. The Morgan fingerprint density at radius 1 is 1.18 bits per heavy atom. The molecule has 2 heterocycles. The minimum atomic E-state index is -3.41. The number of nitrogen functional groups attached to an aromatic ring is 1. The maximum absolute atomic E-state index is 12.5. The van der Waals surface area contributed by atoms with Gasteiger partial charge in [0.25, 0.3) is 0 Å². The van der Waals surface area contributed by atoms with Crippen LogP contribution < -0.4 is 15.4 Å². The van der Waals surface area contributed by atoms with Gasteiger partial charge in [0.15, 0.2) is 9.84 Å². The molecule has 0 aliphatic heterocycles. The Morgan fingerprint density at radius 3 is 2.64 bits per heavy atom. The van der Waals surface area contributed by atoms with Gasteiger partial charge in [-0.3, -0.25) is 4.68 Å². The molecule has 0 spiro atoms. The molecule has 33 heavy (non-hydrogen) atoms. The minimum Gasteiger partial charge on any atom is -0.495 e. The van der Waals surface area contributed by atoms with E-state index in [-0.39, 0.29) is 16.6 Å². The Kier molecular flexibility index (Phi) is 5.71. The topological polar surface area (TPSA) is 116 Å². The summed E-state index contributed by atoms with van der Waals surface area (Å²) in [5, 5.41) is 5.64. The lowest BCUT2D eigenvalue weighted by Crippen LogP contribution is -2.16. The first-order valence-electron chi connectivity index (χ1n) is 10.4. The van der Waals surface area contributed by atoms with Crippen molar-refractivity contribution in [1.82, 2.24) is 19.7 Å². The first-order valence-corrected chi connectivity index (χ1v) is 12.0. The highest BCUT2D eigenvalue weighted by Gasteiger charge is 2.21. The minimum absolute atomic E-state index is 0.00229. The summed E-state index contributed by atoms with van der Waals surface area (Å²) < 4.78 is 32.3. The van der Waals surface area contributed by atoms with E-state index in [0.717, 1.165) is 27.7 Å². The maximum atomic E-state index is 12.5. The van der Waals surface area contributed by atoms with E-state index >= 15 is 0 Å². The highest BCUT2D eigenvalue weighted by molar-refractivity contribution is 7.91. The summed E-state index contributed by atoms with van der Waals surface area (Å²) in [6, 6.07) is 10.7. The first kappa shape index (κ1) is 22.5. The third-order valence-corrected chi connectivity index (χ3v) is 7.53. The van der Waals surface area contributed by atoms with Crippen LogP contribution in [0.15, 0.2) is 47.5 Å². The smallest absolute Gasteiger partial charge is 0.221 e. The van der Waals surface area contributed by atoms with Crippen LogP contribution in [-0.2, 0) is 16.9 Å². The Bertz CT molecular complexity index is 1460. The lowest BCUT2D eigenvalue weighted by atomic mass is 10.0. The number of anilines is 3. The van der Waals surface area contributed by atoms with Gasteiger partial charge in [-0.1, -0.05) is 19.1 Å². The normalized spacial score (nSPS) is 11.7. The van der Waals surface area contributed by atoms with Gasteiger partial charge in [0.1, 0.15) is 11.6 Å². The molecule has 0 aliphatic rings. The molecule has 0 atom stereocenters. The summed E-state index contributed by atoms with van der Waals surface area (Å²) >= 11 is 0. The van der Waals surface area contributed by atoms with E-state index in [1.807, 2.05) is 36.9 Å². The second kappa shape index (κ2) is 8.36. The van der Waals surface area contributed by atoms with E-state index < -0.39 is 9.84 Å². The molecule has 0 saturated carbocycles. The van der Waals surface area contributed by atoms with Gasteiger partial charge in [-0.15, -0.1) is 0 Å². The summed E-state index contributed by atoms with van der Waals surface area (Å²) in [5.74, 6) is 1.12. The van der Waals surface area contributed by atoms with Crippen LogP contribution in [0.2, 0.25) is 0 Å². The largest absolute Gasteiger partial charge is 0.495 e. The van der Waals surface area contributed by atoms with Gasteiger partial charge in [0.05, 0.1) is 29.0 Å². The second-order valence-corrected chi connectivity index (χ2v) is 9.98. The quantitative estimate of drug-likeness (QED) is 0.459. The number of methoxy groups -OCH3 is 1. The van der Waals surface area contributed by atoms with Crippen LogP contribution in [0.5, 0.6) is 5.75 Å². The molecule has 9 nitrogen and oxygen atoms in total. The van der Waals surface area contributed by atoms with E-state index in [1.54, 1.807) is 43.3 Å². The highest BCUT2D eigenvalue weighted by Crippen LogP contribution is 2.39. The highest BCUT2D eigenvalue weighted by atomic mass is 32.2. The van der Waals surface area contributed by atoms with Crippen molar-refractivity contribution >= 4 is 38.2 Å². The summed E-state index contributed by atoms with van der Waals surface area (Å²) in [5.41, 5.74) is 9.99. The molecule has 0 bridgehead atoms. The van der Waals surface area contributed by atoms with E-state index in [9.17, 15) is 8.42 Å². The van der Waals surface area contributed by atoms with Crippen molar-refractivity contribution in [2.75, 3.05) is 30.5 Å². The zero-order valence-electron chi connectivity index (χ0n) is 19.2. The Hall–Kier alpha value is -3.66. The predicted octanol–water partition coefficient (Wildman–Crippen LogP) is 3.49. The lowest BCUT2D eigenvalue weighted by molar-refractivity contribution is 0.415. The monoisotopic (exact) mass is 466 g/mol. The van der Waals surface area contributed by atoms with Crippen molar-refractivity contribution in [2.45, 2.75) is 18.7 Å². The van der Waals surface area contributed by atoms with Gasteiger partial charge in [0.2, 0.25) is 5.95 Å². The molecule has 172 valence electrons. The number of nitrogens with two attached hydrogens (primary N) is 1. The summed E-state index contributed by atoms with van der Waals surface area (Å²) in [7, 11) is 1.82. The number of rotatable bonds is 6. The Labute approximate surface area is 192 Å². The van der Waals surface area contributed by atoms with Crippen LogP contribution in [0, 0.1) is 6.92 Å². The van der Waals surface area contributed by atoms with Crippen molar-refractivity contribution in [1.29, 1.82) is 0 Å². The molecule has 0 unspecified atom stereocenters. The maximum Gasteiger partial charge on any atom is 0.221 e. The molecule has 4 aromatic rings. The van der Waals surface area contributed by atoms with E-state index in [2.05, 4.69) is 15.1 Å². The fraction of sp³-hybridized carbons (Fsp3) is 0.261. The first-order chi connectivity index (χ1) is 15.7. The summed E-state index contributed by atoms with van der Waals surface area (Å²) in [4.78, 5) is 10.6. The molecular weight excluding hydrogens is 440 g/mol. The van der Waals surface area contributed by atoms with Crippen molar-refractivity contribution in [3.8, 4) is 16.9 Å². The van der Waals surface area contributed by atoms with Crippen molar-refractivity contribution in [2.24, 2.45) is 7.05 Å². The summed E-state index contributed by atoms with van der Waals surface area (Å²) in [6.45, 7) is 3.63. The number of hydrogen-bond donors (Lipinski definition) is 1. The standard InChI is InChI=1S/C23H26N6O3S/c1-6-33(30,31)16-8-10-21(32-5)20(12-16)28(3)22-18(13-25-23(24)26-22)15-7-9-17-14(2)29(4)27-19(17)11-15/h7-13H,6H2,1-5H3,(H2,24,25,26). The third-order valence-electron chi connectivity index (χ3n) is 5.80. The van der Waals surface area contributed by atoms with Gasteiger partial charge in [0, 0.05) is 36.9 Å². The van der Waals surface area contributed by atoms with Crippen LogP contribution in [0.3, 0.4) is 0 Å². The molecule has 4 rings (SSSR count). The number of benzene rings is 2. The van der Waals surface area contributed by atoms with Gasteiger partial charge in [-0.05, 0) is 36.8 Å². The number of aryl methyl sites for hydroxylation is 2. The number of nitrogens with zero attached hydrogens (tertiary/aromatic N) is 5. The number of ether oxygens (including phenoxy) is 1. The molecule has 0 aliphatic carbocycles. The zero-order valence-corrected chi connectivity index (χ0v) is 20.0. The van der Waals surface area contributed by atoms with E-state index in [0.29, 0.717) is 17.3 Å².